The van der Waals surface area contributed by atoms with Crippen molar-refractivity contribution in [3.8, 4) is 5.75 Å². The van der Waals surface area contributed by atoms with Gasteiger partial charge in [-0.25, -0.2) is 0 Å². The molecule has 2 N–H and O–H groups in total. The lowest BCUT2D eigenvalue weighted by Gasteiger charge is -2.38. The summed E-state index contributed by atoms with van der Waals surface area (Å²) in [6, 6.07) is 9.75. The number of nitrogens with one attached hydrogen (secondary N) is 1. The van der Waals surface area contributed by atoms with Gasteiger partial charge in [0.15, 0.2) is 0 Å². The van der Waals surface area contributed by atoms with Gasteiger partial charge >= 0.3 is 0 Å². The van der Waals surface area contributed by atoms with Gasteiger partial charge in [-0.1, -0.05) is 31.0 Å². The zero-order valence-corrected chi connectivity index (χ0v) is 15.6. The Labute approximate surface area is 156 Å². The Kier molecular flexibility index (Phi) is 4.96. The van der Waals surface area contributed by atoms with E-state index in [-0.39, 0.29) is 23.5 Å². The molecule has 4 unspecified atom stereocenters. The molecule has 0 aromatic heterocycles. The molecule has 3 saturated carbocycles. The normalized spacial score (nSPS) is 35.1. The second kappa shape index (κ2) is 7.22. The van der Waals surface area contributed by atoms with Crippen molar-refractivity contribution in [2.75, 3.05) is 13.2 Å². The number of carbonyl (C=O) groups is 1. The Morgan fingerprint density at radius 2 is 2.12 bits per heavy atom. The molecule has 1 aromatic carbocycles. The largest absolute Gasteiger partial charge is 0.494 e. The van der Waals surface area contributed by atoms with Crippen LogP contribution in [0.2, 0.25) is 0 Å². The molecule has 4 nitrogen and oxygen atoms in total. The monoisotopic (exact) mass is 357 g/mol. The molecule has 4 heteroatoms. The summed E-state index contributed by atoms with van der Waals surface area (Å²) in [6.07, 6.45) is 9.28. The first-order chi connectivity index (χ1) is 12.6. The van der Waals surface area contributed by atoms with Gasteiger partial charge in [0.1, 0.15) is 5.75 Å². The van der Waals surface area contributed by atoms with Crippen molar-refractivity contribution in [3.63, 3.8) is 0 Å². The van der Waals surface area contributed by atoms with Crippen LogP contribution in [0.5, 0.6) is 5.75 Å². The maximum Gasteiger partial charge on any atom is 0.220 e. The van der Waals surface area contributed by atoms with E-state index in [1.165, 1.54) is 19.3 Å². The van der Waals surface area contributed by atoms with Crippen LogP contribution in [0.25, 0.3) is 0 Å². The first-order valence-electron chi connectivity index (χ1n) is 10.2. The van der Waals surface area contributed by atoms with Crippen LogP contribution in [0.3, 0.4) is 0 Å². The van der Waals surface area contributed by atoms with Gasteiger partial charge in [0.2, 0.25) is 5.91 Å². The standard InChI is InChI=1S/C22H31NO3/c24-16-21-10-4-6-17-12-18(21)14-22(13-17,15-21)23-20(25)9-5-11-26-19-7-2-1-3-8-19/h1-3,7-8,17-18,24H,4-6,9-16H2,(H,23,25). The highest BCUT2D eigenvalue weighted by atomic mass is 16.5. The molecule has 3 fully saturated rings. The number of amides is 1. The molecule has 0 heterocycles. The molecule has 0 aliphatic heterocycles. The summed E-state index contributed by atoms with van der Waals surface area (Å²) < 4.78 is 5.69. The van der Waals surface area contributed by atoms with Crippen molar-refractivity contribution in [1.82, 2.24) is 5.32 Å². The van der Waals surface area contributed by atoms with Crippen molar-refractivity contribution in [1.29, 1.82) is 0 Å². The fraction of sp³-hybridized carbons (Fsp3) is 0.682. The number of ether oxygens (including phenoxy) is 1. The molecular formula is C22H31NO3. The maximum absolute atomic E-state index is 12.6. The Hall–Kier alpha value is -1.55. The number of fused-ring (bicyclic) bond motifs is 2. The second-order valence-corrected chi connectivity index (χ2v) is 8.89. The minimum Gasteiger partial charge on any atom is -0.494 e. The summed E-state index contributed by atoms with van der Waals surface area (Å²) in [5, 5.41) is 13.5. The maximum atomic E-state index is 12.6. The second-order valence-electron chi connectivity index (χ2n) is 8.89. The van der Waals surface area contributed by atoms with E-state index in [0.717, 1.165) is 43.8 Å². The quantitative estimate of drug-likeness (QED) is 0.732. The number of hydrogen-bond acceptors (Lipinski definition) is 3. The minimum absolute atomic E-state index is 0.0614. The Bertz CT molecular complexity index is 634. The number of aliphatic hydroxyl groups excluding tert-OH is 1. The topological polar surface area (TPSA) is 58.6 Å². The Morgan fingerprint density at radius 1 is 1.27 bits per heavy atom. The average Bonchev–Trinajstić information content (AvgIpc) is 2.77. The highest BCUT2D eigenvalue weighted by Gasteiger charge is 2.59. The molecule has 26 heavy (non-hydrogen) atoms. The van der Waals surface area contributed by atoms with E-state index < -0.39 is 0 Å². The van der Waals surface area contributed by atoms with E-state index in [4.69, 9.17) is 4.74 Å². The van der Waals surface area contributed by atoms with Gasteiger partial charge in [-0.15, -0.1) is 0 Å². The number of benzene rings is 1. The van der Waals surface area contributed by atoms with Gasteiger partial charge in [0.05, 0.1) is 6.61 Å². The van der Waals surface area contributed by atoms with Crippen LogP contribution in [0, 0.1) is 17.3 Å². The lowest BCUT2D eigenvalue weighted by molar-refractivity contribution is -0.123. The molecule has 0 spiro atoms. The lowest BCUT2D eigenvalue weighted by atomic mass is 9.74. The van der Waals surface area contributed by atoms with Gasteiger partial charge in [0, 0.05) is 18.6 Å². The molecule has 4 atom stereocenters. The van der Waals surface area contributed by atoms with Gasteiger partial charge in [0.25, 0.3) is 0 Å². The molecule has 0 saturated heterocycles. The predicted octanol–water partition coefficient (Wildman–Crippen LogP) is 3.68. The number of rotatable bonds is 7. The molecule has 0 radical (unpaired) electrons. The van der Waals surface area contributed by atoms with Crippen molar-refractivity contribution in [3.05, 3.63) is 30.3 Å². The van der Waals surface area contributed by atoms with Crippen molar-refractivity contribution in [2.45, 2.75) is 63.3 Å². The first-order valence-corrected chi connectivity index (χ1v) is 10.2. The molecule has 3 bridgehead atoms. The number of carbonyl (C=O) groups excluding carboxylic acids is 1. The third kappa shape index (κ3) is 3.48. The van der Waals surface area contributed by atoms with E-state index in [2.05, 4.69) is 5.32 Å². The number of aliphatic hydroxyl groups is 1. The van der Waals surface area contributed by atoms with E-state index in [0.29, 0.717) is 18.9 Å². The first kappa shape index (κ1) is 17.8. The molecule has 3 aliphatic rings. The van der Waals surface area contributed by atoms with Crippen LogP contribution in [0.4, 0.5) is 0 Å². The van der Waals surface area contributed by atoms with Crippen LogP contribution in [0.15, 0.2) is 30.3 Å². The molecule has 1 aromatic rings. The Morgan fingerprint density at radius 3 is 2.92 bits per heavy atom. The fourth-order valence-corrected chi connectivity index (χ4v) is 6.07. The SMILES string of the molecule is O=C(CCCOc1ccccc1)NC12CC3CCCC(CO)(C1)C(C3)C2. The van der Waals surface area contributed by atoms with Crippen molar-refractivity contribution >= 4 is 5.91 Å². The predicted molar refractivity (Wildman–Crippen MR) is 101 cm³/mol. The third-order valence-electron chi connectivity index (χ3n) is 7.06. The average molecular weight is 357 g/mol. The van der Waals surface area contributed by atoms with Crippen LogP contribution < -0.4 is 10.1 Å². The third-order valence-corrected chi connectivity index (χ3v) is 7.06. The van der Waals surface area contributed by atoms with Crippen LogP contribution in [-0.2, 0) is 4.79 Å². The van der Waals surface area contributed by atoms with Crippen LogP contribution in [0.1, 0.15) is 57.8 Å². The summed E-state index contributed by atoms with van der Waals surface area (Å²) in [5.74, 6) is 2.33. The number of para-hydroxylation sites is 1. The van der Waals surface area contributed by atoms with Crippen LogP contribution in [-0.4, -0.2) is 29.8 Å². The molecule has 142 valence electrons. The highest BCUT2D eigenvalue weighted by Crippen LogP contribution is 2.61. The smallest absolute Gasteiger partial charge is 0.220 e. The van der Waals surface area contributed by atoms with E-state index in [1.54, 1.807) is 0 Å². The van der Waals surface area contributed by atoms with E-state index in [1.807, 2.05) is 30.3 Å². The Balaban J connectivity index is 1.30. The van der Waals surface area contributed by atoms with E-state index >= 15 is 0 Å². The lowest BCUT2D eigenvalue weighted by Crippen LogP contribution is -2.50. The summed E-state index contributed by atoms with van der Waals surface area (Å²) in [7, 11) is 0. The van der Waals surface area contributed by atoms with Crippen molar-refractivity contribution in [2.24, 2.45) is 17.3 Å². The zero-order chi connectivity index (χ0) is 18.0. The summed E-state index contributed by atoms with van der Waals surface area (Å²) in [5.41, 5.74) is 0.00303. The summed E-state index contributed by atoms with van der Waals surface area (Å²) in [6.45, 7) is 0.850. The van der Waals surface area contributed by atoms with Gasteiger partial charge in [-0.3, -0.25) is 4.79 Å². The van der Waals surface area contributed by atoms with Gasteiger partial charge in [-0.05, 0) is 67.9 Å². The van der Waals surface area contributed by atoms with Gasteiger partial charge in [-0.2, -0.15) is 0 Å². The minimum atomic E-state index is -0.0614. The van der Waals surface area contributed by atoms with Crippen LogP contribution >= 0.6 is 0 Å². The zero-order valence-electron chi connectivity index (χ0n) is 15.6. The highest BCUT2D eigenvalue weighted by molar-refractivity contribution is 5.77. The summed E-state index contributed by atoms with van der Waals surface area (Å²) >= 11 is 0. The molecule has 4 rings (SSSR count). The molecule has 3 aliphatic carbocycles. The van der Waals surface area contributed by atoms with Gasteiger partial charge < -0.3 is 15.2 Å². The summed E-state index contributed by atoms with van der Waals surface area (Å²) in [4.78, 5) is 12.6. The van der Waals surface area contributed by atoms with Crippen molar-refractivity contribution < 1.29 is 14.6 Å². The molecule has 1 amide bonds. The number of hydrogen-bond donors (Lipinski definition) is 2. The fourth-order valence-electron chi connectivity index (χ4n) is 6.07. The van der Waals surface area contributed by atoms with E-state index in [9.17, 15) is 9.90 Å². The molecular weight excluding hydrogens is 326 g/mol.